The number of nitrogens with one attached hydrogen (secondary N) is 1. The Morgan fingerprint density at radius 2 is 1.62 bits per heavy atom. The number of ether oxygens (including phenoxy) is 1. The summed E-state index contributed by atoms with van der Waals surface area (Å²) in [4.78, 5) is 14.7. The topological polar surface area (TPSA) is 107 Å². The molecule has 0 spiro atoms. The highest BCUT2D eigenvalue weighted by Gasteiger charge is 2.04. The number of phenols is 1. The first-order chi connectivity index (χ1) is 16.7. The number of carbonyl (C=O) groups is 1. The predicted octanol–water partition coefficient (Wildman–Crippen LogP) is 7.06. The van der Waals surface area contributed by atoms with E-state index in [2.05, 4.69) is 64.0 Å². The Balaban J connectivity index is 2.01. The first kappa shape index (κ1) is 28.6. The molecule has 7 heteroatoms. The van der Waals surface area contributed by atoms with Gasteiger partial charge in [-0.25, -0.2) is 0 Å². The molecule has 0 aliphatic carbocycles. The lowest BCUT2D eigenvalue weighted by Gasteiger charge is -2.08. The number of nitrogens with zero attached hydrogens (tertiary/aromatic N) is 3. The van der Waals surface area contributed by atoms with Crippen molar-refractivity contribution in [3.8, 4) is 11.5 Å². The highest BCUT2D eigenvalue weighted by Crippen LogP contribution is 2.26. The zero-order valence-electron chi connectivity index (χ0n) is 20.2. The van der Waals surface area contributed by atoms with Gasteiger partial charge in [0.15, 0.2) is 11.5 Å². The molecule has 0 aliphatic rings. The van der Waals surface area contributed by atoms with Crippen LogP contribution < -0.4 is 10.1 Å². The Kier molecular flexibility index (Phi) is 17.0. The van der Waals surface area contributed by atoms with E-state index in [0.717, 1.165) is 56.9 Å². The van der Waals surface area contributed by atoms with Crippen molar-refractivity contribution >= 4 is 5.91 Å². The van der Waals surface area contributed by atoms with E-state index in [9.17, 15) is 9.90 Å². The standard InChI is InChI=1S/C27H38N4O3/c1-34-26-22-24(19-20-25(26)32)23-29-27(33)18-16-14-12-10-8-6-4-2-3-5-7-9-11-13-15-17-21-30-31-28/h3-6,9-12,19-20,22,32H,2,7-8,13-18,21,23H2,1H3,(H,29,33). The number of allylic oxidation sites excluding steroid dienone is 8. The molecule has 0 saturated carbocycles. The molecule has 0 aliphatic heterocycles. The van der Waals surface area contributed by atoms with Gasteiger partial charge < -0.3 is 15.2 Å². The number of methoxy groups -OCH3 is 1. The number of azide groups is 1. The molecule has 34 heavy (non-hydrogen) atoms. The maximum Gasteiger partial charge on any atom is 0.220 e. The van der Waals surface area contributed by atoms with Crippen LogP contribution in [0.15, 0.2) is 71.9 Å². The van der Waals surface area contributed by atoms with Crippen LogP contribution in [0.4, 0.5) is 0 Å². The quantitative estimate of drug-likeness (QED) is 0.0794. The molecule has 0 saturated heterocycles. The number of amides is 1. The molecule has 1 rings (SSSR count). The maximum atomic E-state index is 12.0. The minimum absolute atomic E-state index is 0.0206. The zero-order valence-corrected chi connectivity index (χ0v) is 20.2. The second-order valence-electron chi connectivity index (χ2n) is 7.72. The van der Waals surface area contributed by atoms with E-state index in [1.807, 2.05) is 0 Å². The van der Waals surface area contributed by atoms with Crippen molar-refractivity contribution in [2.24, 2.45) is 5.11 Å². The largest absolute Gasteiger partial charge is 0.504 e. The number of phenolic OH excluding ortho intramolecular Hbond substituents is 1. The van der Waals surface area contributed by atoms with Crippen molar-refractivity contribution in [2.75, 3.05) is 13.7 Å². The second-order valence-corrected chi connectivity index (χ2v) is 7.72. The van der Waals surface area contributed by atoms with Gasteiger partial charge in [0, 0.05) is 24.4 Å². The monoisotopic (exact) mass is 466 g/mol. The van der Waals surface area contributed by atoms with Gasteiger partial charge in [0.05, 0.1) is 7.11 Å². The van der Waals surface area contributed by atoms with Crippen molar-refractivity contribution in [3.05, 3.63) is 82.8 Å². The number of unbranched alkanes of at least 4 members (excludes halogenated alkanes) is 3. The van der Waals surface area contributed by atoms with E-state index in [4.69, 9.17) is 10.3 Å². The van der Waals surface area contributed by atoms with E-state index in [0.29, 0.717) is 25.3 Å². The molecule has 0 bridgehead atoms. The molecular formula is C27H38N4O3. The number of hydrogen-bond acceptors (Lipinski definition) is 4. The van der Waals surface area contributed by atoms with Crippen molar-refractivity contribution in [1.29, 1.82) is 0 Å². The third kappa shape index (κ3) is 15.4. The van der Waals surface area contributed by atoms with Crippen molar-refractivity contribution in [1.82, 2.24) is 5.32 Å². The van der Waals surface area contributed by atoms with Gasteiger partial charge in [-0.15, -0.1) is 0 Å². The molecule has 0 aromatic heterocycles. The first-order valence-corrected chi connectivity index (χ1v) is 11.9. The fourth-order valence-electron chi connectivity index (χ4n) is 3.04. The second kappa shape index (κ2) is 20.2. The summed E-state index contributed by atoms with van der Waals surface area (Å²) in [5.41, 5.74) is 9.07. The molecule has 7 nitrogen and oxygen atoms in total. The fourth-order valence-corrected chi connectivity index (χ4v) is 3.04. The van der Waals surface area contributed by atoms with Gasteiger partial charge >= 0.3 is 0 Å². The number of hydrogen-bond donors (Lipinski definition) is 2. The number of aromatic hydroxyl groups is 1. The van der Waals surface area contributed by atoms with Crippen LogP contribution in [0.2, 0.25) is 0 Å². The van der Waals surface area contributed by atoms with Crippen molar-refractivity contribution in [2.45, 2.75) is 64.3 Å². The molecule has 0 heterocycles. The molecule has 1 aromatic carbocycles. The normalized spacial score (nSPS) is 11.6. The Morgan fingerprint density at radius 3 is 2.24 bits per heavy atom. The molecule has 0 unspecified atom stereocenters. The average Bonchev–Trinajstić information content (AvgIpc) is 2.85. The van der Waals surface area contributed by atoms with E-state index in [1.54, 1.807) is 18.2 Å². The van der Waals surface area contributed by atoms with Crippen LogP contribution in [0.25, 0.3) is 10.4 Å². The Hall–Kier alpha value is -3.44. The van der Waals surface area contributed by atoms with Gasteiger partial charge in [-0.3, -0.25) is 4.79 Å². The maximum absolute atomic E-state index is 12.0. The molecule has 0 atom stereocenters. The van der Waals surface area contributed by atoms with Gasteiger partial charge in [-0.1, -0.05) is 59.8 Å². The summed E-state index contributed by atoms with van der Waals surface area (Å²) in [6, 6.07) is 5.05. The van der Waals surface area contributed by atoms with Crippen LogP contribution in [0.1, 0.15) is 63.4 Å². The van der Waals surface area contributed by atoms with Gasteiger partial charge in [0.2, 0.25) is 5.91 Å². The van der Waals surface area contributed by atoms with E-state index in [-0.39, 0.29) is 11.7 Å². The minimum Gasteiger partial charge on any atom is -0.504 e. The average molecular weight is 467 g/mol. The summed E-state index contributed by atoms with van der Waals surface area (Å²) in [5, 5.41) is 16.0. The van der Waals surface area contributed by atoms with E-state index in [1.165, 1.54) is 7.11 Å². The Labute approximate surface area is 203 Å². The zero-order chi connectivity index (χ0) is 24.7. The van der Waals surface area contributed by atoms with Crippen molar-refractivity contribution < 1.29 is 14.6 Å². The molecule has 2 N–H and O–H groups in total. The third-order valence-corrected chi connectivity index (χ3v) is 4.93. The van der Waals surface area contributed by atoms with Crippen LogP contribution in [0.3, 0.4) is 0 Å². The number of carbonyl (C=O) groups excluding carboxylic acids is 1. The molecule has 0 fully saturated rings. The number of rotatable bonds is 18. The van der Waals surface area contributed by atoms with E-state index < -0.39 is 0 Å². The Bertz CT molecular complexity index is 869. The van der Waals surface area contributed by atoms with Gasteiger partial charge in [0.25, 0.3) is 0 Å². The molecule has 0 radical (unpaired) electrons. The Morgan fingerprint density at radius 1 is 1.00 bits per heavy atom. The van der Waals surface area contributed by atoms with Crippen LogP contribution in [-0.2, 0) is 11.3 Å². The van der Waals surface area contributed by atoms with Crippen molar-refractivity contribution in [3.63, 3.8) is 0 Å². The highest BCUT2D eigenvalue weighted by atomic mass is 16.5. The summed E-state index contributed by atoms with van der Waals surface area (Å²) < 4.78 is 5.07. The smallest absolute Gasteiger partial charge is 0.220 e. The van der Waals surface area contributed by atoms with Gasteiger partial charge in [-0.2, -0.15) is 0 Å². The van der Waals surface area contributed by atoms with Crippen LogP contribution in [0.5, 0.6) is 11.5 Å². The number of benzene rings is 1. The predicted molar refractivity (Wildman–Crippen MR) is 139 cm³/mol. The first-order valence-electron chi connectivity index (χ1n) is 11.9. The molecule has 1 amide bonds. The summed E-state index contributed by atoms with van der Waals surface area (Å²) in [7, 11) is 1.50. The summed E-state index contributed by atoms with van der Waals surface area (Å²) in [6.07, 6.45) is 25.2. The third-order valence-electron chi connectivity index (χ3n) is 4.93. The lowest BCUT2D eigenvalue weighted by atomic mass is 10.2. The lowest BCUT2D eigenvalue weighted by Crippen LogP contribution is -2.22. The van der Waals surface area contributed by atoms with E-state index >= 15 is 0 Å². The molecule has 1 aromatic rings. The summed E-state index contributed by atoms with van der Waals surface area (Å²) in [6.45, 7) is 1.00. The fraction of sp³-hybridized carbons (Fsp3) is 0.444. The SMILES string of the molecule is COc1cc(CNC(=O)CCCC=CCC=CCC=CCC=CCCCCN=[N+]=[N-])ccc1O. The minimum atomic E-state index is 0.0206. The van der Waals surface area contributed by atoms with Gasteiger partial charge in [-0.05, 0) is 74.6 Å². The summed E-state index contributed by atoms with van der Waals surface area (Å²) >= 11 is 0. The van der Waals surface area contributed by atoms with Crippen LogP contribution >= 0.6 is 0 Å². The molecular weight excluding hydrogens is 428 g/mol. The van der Waals surface area contributed by atoms with Crippen LogP contribution in [0, 0.1) is 0 Å². The lowest BCUT2D eigenvalue weighted by molar-refractivity contribution is -0.121. The summed E-state index contributed by atoms with van der Waals surface area (Å²) in [5.74, 6) is 0.515. The highest BCUT2D eigenvalue weighted by molar-refractivity contribution is 5.75. The molecule has 184 valence electrons. The van der Waals surface area contributed by atoms with Gasteiger partial charge in [0.1, 0.15) is 0 Å². The van der Waals surface area contributed by atoms with Crippen LogP contribution in [-0.4, -0.2) is 24.7 Å².